The Bertz CT molecular complexity index is 323. The van der Waals surface area contributed by atoms with Crippen molar-refractivity contribution in [3.63, 3.8) is 0 Å². The van der Waals surface area contributed by atoms with Crippen molar-refractivity contribution in [1.82, 2.24) is 15.5 Å². The predicted octanol–water partition coefficient (Wildman–Crippen LogP) is -0.535. The number of anilines is 1. The zero-order valence-electron chi connectivity index (χ0n) is 8.78. The Morgan fingerprint density at radius 1 is 1.53 bits per heavy atom. The van der Waals surface area contributed by atoms with E-state index in [1.54, 1.807) is 0 Å². The van der Waals surface area contributed by atoms with Gasteiger partial charge in [0.2, 0.25) is 11.8 Å². The van der Waals surface area contributed by atoms with Crippen LogP contribution in [0.3, 0.4) is 0 Å². The monoisotopic (exact) mass is 213 g/mol. The molecule has 0 saturated carbocycles. The van der Waals surface area contributed by atoms with E-state index >= 15 is 0 Å². The lowest BCUT2D eigenvalue weighted by atomic mass is 10.4. The standard InChI is InChI=1S/C8H15N5O2/c1-5(2)10-4-7-12-13-8(15-7)11-3-6(9)14/h5,10H,3-4H2,1-2H3,(H2,9,14)(H,11,13). The summed E-state index contributed by atoms with van der Waals surface area (Å²) in [6.45, 7) is 4.52. The zero-order valence-corrected chi connectivity index (χ0v) is 8.78. The topological polar surface area (TPSA) is 106 Å². The third-order valence-corrected chi connectivity index (χ3v) is 1.54. The summed E-state index contributed by atoms with van der Waals surface area (Å²) in [5, 5.41) is 13.2. The van der Waals surface area contributed by atoms with Crippen LogP contribution < -0.4 is 16.4 Å². The molecule has 0 unspecified atom stereocenters. The number of carbonyl (C=O) groups is 1. The van der Waals surface area contributed by atoms with E-state index in [0.29, 0.717) is 18.5 Å². The molecule has 7 heteroatoms. The van der Waals surface area contributed by atoms with Gasteiger partial charge in [-0.15, -0.1) is 5.10 Å². The molecule has 7 nitrogen and oxygen atoms in total. The number of nitrogens with one attached hydrogen (secondary N) is 2. The Balaban J connectivity index is 2.38. The SMILES string of the molecule is CC(C)NCc1nnc(NCC(N)=O)o1. The van der Waals surface area contributed by atoms with Crippen molar-refractivity contribution < 1.29 is 9.21 Å². The summed E-state index contributed by atoms with van der Waals surface area (Å²) in [6, 6.07) is 0.549. The molecule has 0 spiro atoms. The molecule has 0 radical (unpaired) electrons. The number of hydrogen-bond acceptors (Lipinski definition) is 6. The Labute approximate surface area is 87.4 Å². The Morgan fingerprint density at radius 3 is 2.87 bits per heavy atom. The molecule has 0 fully saturated rings. The van der Waals surface area contributed by atoms with Crippen molar-refractivity contribution in [1.29, 1.82) is 0 Å². The molecule has 0 bridgehead atoms. The first-order chi connectivity index (χ1) is 7.08. The summed E-state index contributed by atoms with van der Waals surface area (Å²) in [5.74, 6) is -0.00859. The molecule has 0 aromatic carbocycles. The van der Waals surface area contributed by atoms with Crippen molar-refractivity contribution >= 4 is 11.9 Å². The molecule has 0 aliphatic heterocycles. The minimum atomic E-state index is -0.477. The van der Waals surface area contributed by atoms with Crippen LogP contribution in [0.2, 0.25) is 0 Å². The molecule has 84 valence electrons. The van der Waals surface area contributed by atoms with E-state index in [1.165, 1.54) is 0 Å². The molecule has 1 aromatic rings. The summed E-state index contributed by atoms with van der Waals surface area (Å²) in [4.78, 5) is 10.5. The van der Waals surface area contributed by atoms with Gasteiger partial charge >= 0.3 is 6.01 Å². The molecule has 0 aliphatic carbocycles. The first-order valence-corrected chi connectivity index (χ1v) is 4.66. The van der Waals surface area contributed by atoms with Gasteiger partial charge in [0.1, 0.15) is 0 Å². The van der Waals surface area contributed by atoms with Crippen LogP contribution in [0.4, 0.5) is 6.01 Å². The van der Waals surface area contributed by atoms with Gasteiger partial charge in [-0.1, -0.05) is 18.9 Å². The molecule has 0 atom stereocenters. The number of nitrogens with zero attached hydrogens (tertiary/aromatic N) is 2. The van der Waals surface area contributed by atoms with Crippen LogP contribution >= 0.6 is 0 Å². The summed E-state index contributed by atoms with van der Waals surface area (Å²) < 4.78 is 5.18. The fourth-order valence-corrected chi connectivity index (χ4v) is 0.851. The molecule has 1 heterocycles. The van der Waals surface area contributed by atoms with Gasteiger partial charge in [-0.25, -0.2) is 0 Å². The van der Waals surface area contributed by atoms with Gasteiger partial charge in [-0.3, -0.25) is 4.79 Å². The third-order valence-electron chi connectivity index (χ3n) is 1.54. The Kier molecular flexibility index (Phi) is 4.04. The van der Waals surface area contributed by atoms with Crippen LogP contribution in [-0.2, 0) is 11.3 Å². The van der Waals surface area contributed by atoms with Crippen LogP contribution in [0.25, 0.3) is 0 Å². The highest BCUT2D eigenvalue weighted by Crippen LogP contribution is 2.04. The van der Waals surface area contributed by atoms with Crippen LogP contribution in [-0.4, -0.2) is 28.7 Å². The molecular weight excluding hydrogens is 198 g/mol. The summed E-state index contributed by atoms with van der Waals surface area (Å²) in [5.41, 5.74) is 4.94. The minimum absolute atomic E-state index is 0.0146. The molecule has 4 N–H and O–H groups in total. The van der Waals surface area contributed by atoms with Gasteiger partial charge in [-0.2, -0.15) is 0 Å². The van der Waals surface area contributed by atoms with E-state index in [2.05, 4.69) is 20.8 Å². The Hall–Kier alpha value is -1.63. The lowest BCUT2D eigenvalue weighted by Crippen LogP contribution is -2.22. The molecular formula is C8H15N5O2. The van der Waals surface area contributed by atoms with Crippen LogP contribution in [0.15, 0.2) is 4.42 Å². The minimum Gasteiger partial charge on any atom is -0.407 e. The third kappa shape index (κ3) is 4.41. The number of rotatable bonds is 6. The quantitative estimate of drug-likeness (QED) is 0.586. The molecule has 1 rings (SSSR count). The van der Waals surface area contributed by atoms with E-state index in [9.17, 15) is 4.79 Å². The van der Waals surface area contributed by atoms with Crippen molar-refractivity contribution in [2.24, 2.45) is 5.73 Å². The maximum absolute atomic E-state index is 10.5. The molecule has 0 saturated heterocycles. The van der Waals surface area contributed by atoms with Gasteiger partial charge < -0.3 is 20.8 Å². The highest BCUT2D eigenvalue weighted by Gasteiger charge is 2.06. The van der Waals surface area contributed by atoms with Crippen molar-refractivity contribution in [3.05, 3.63) is 5.89 Å². The first kappa shape index (κ1) is 11.4. The lowest BCUT2D eigenvalue weighted by Gasteiger charge is -2.03. The normalized spacial score (nSPS) is 10.6. The maximum Gasteiger partial charge on any atom is 0.315 e. The van der Waals surface area contributed by atoms with Gasteiger partial charge in [0.25, 0.3) is 0 Å². The smallest absolute Gasteiger partial charge is 0.315 e. The molecule has 0 aliphatic rings. The summed E-state index contributed by atoms with van der Waals surface area (Å²) in [7, 11) is 0. The van der Waals surface area contributed by atoms with Crippen LogP contribution in [0.5, 0.6) is 0 Å². The van der Waals surface area contributed by atoms with Crippen molar-refractivity contribution in [2.75, 3.05) is 11.9 Å². The van der Waals surface area contributed by atoms with Gasteiger partial charge in [-0.05, 0) is 0 Å². The number of nitrogens with two attached hydrogens (primary N) is 1. The first-order valence-electron chi connectivity index (χ1n) is 4.66. The fourth-order valence-electron chi connectivity index (χ4n) is 0.851. The van der Waals surface area contributed by atoms with E-state index < -0.39 is 5.91 Å². The predicted molar refractivity (Wildman–Crippen MR) is 54.0 cm³/mol. The van der Waals surface area contributed by atoms with E-state index in [-0.39, 0.29) is 12.6 Å². The second-order valence-electron chi connectivity index (χ2n) is 3.36. The second kappa shape index (κ2) is 5.30. The van der Waals surface area contributed by atoms with Crippen LogP contribution in [0, 0.1) is 0 Å². The maximum atomic E-state index is 10.5. The average Bonchev–Trinajstić information content (AvgIpc) is 2.59. The molecule has 1 aromatic heterocycles. The summed E-state index contributed by atoms with van der Waals surface area (Å²) in [6.07, 6.45) is 0. The van der Waals surface area contributed by atoms with Crippen LogP contribution in [0.1, 0.15) is 19.7 Å². The average molecular weight is 213 g/mol. The number of carbonyl (C=O) groups excluding carboxylic acids is 1. The number of aromatic nitrogens is 2. The van der Waals surface area contributed by atoms with Crippen molar-refractivity contribution in [2.45, 2.75) is 26.4 Å². The molecule has 1 amide bonds. The van der Waals surface area contributed by atoms with E-state index in [1.807, 2.05) is 13.8 Å². The lowest BCUT2D eigenvalue weighted by molar-refractivity contribution is -0.116. The zero-order chi connectivity index (χ0) is 11.3. The molecule has 15 heavy (non-hydrogen) atoms. The fraction of sp³-hybridized carbons (Fsp3) is 0.625. The summed E-state index contributed by atoms with van der Waals surface area (Å²) >= 11 is 0. The number of primary amides is 1. The van der Waals surface area contributed by atoms with Gasteiger partial charge in [0, 0.05) is 6.04 Å². The van der Waals surface area contributed by atoms with E-state index in [0.717, 1.165) is 0 Å². The van der Waals surface area contributed by atoms with Crippen molar-refractivity contribution in [3.8, 4) is 0 Å². The Morgan fingerprint density at radius 2 is 2.27 bits per heavy atom. The number of hydrogen-bond donors (Lipinski definition) is 3. The highest BCUT2D eigenvalue weighted by molar-refractivity contribution is 5.78. The second-order valence-corrected chi connectivity index (χ2v) is 3.36. The number of amides is 1. The van der Waals surface area contributed by atoms with E-state index in [4.69, 9.17) is 10.2 Å². The highest BCUT2D eigenvalue weighted by atomic mass is 16.4. The van der Waals surface area contributed by atoms with Gasteiger partial charge in [0.15, 0.2) is 0 Å². The largest absolute Gasteiger partial charge is 0.407 e. The van der Waals surface area contributed by atoms with Gasteiger partial charge in [0.05, 0.1) is 13.1 Å².